The second-order valence-corrected chi connectivity index (χ2v) is 9.78. The highest BCUT2D eigenvalue weighted by Crippen LogP contribution is 2.31. The van der Waals surface area contributed by atoms with Gasteiger partial charge in [0.1, 0.15) is 12.1 Å². The maximum Gasteiger partial charge on any atom is 0.251 e. The minimum absolute atomic E-state index is 0.0973. The zero-order valence-electron chi connectivity index (χ0n) is 21.9. The van der Waals surface area contributed by atoms with Crippen LogP contribution in [0, 0.1) is 11.8 Å². The van der Waals surface area contributed by atoms with Crippen LogP contribution in [0.4, 0.5) is 5.82 Å². The van der Waals surface area contributed by atoms with Gasteiger partial charge in [0.05, 0.1) is 28.6 Å². The minimum atomic E-state index is -0.590. The van der Waals surface area contributed by atoms with Gasteiger partial charge in [0.15, 0.2) is 0 Å². The lowest BCUT2D eigenvalue weighted by Gasteiger charge is -2.22. The normalized spacial score (nSPS) is 13.8. The third kappa shape index (κ3) is 5.75. The van der Waals surface area contributed by atoms with Gasteiger partial charge in [0.2, 0.25) is 0 Å². The van der Waals surface area contributed by atoms with Crippen LogP contribution in [-0.4, -0.2) is 44.5 Å². The molecule has 2 unspecified atom stereocenters. The maximum atomic E-state index is 12.3. The van der Waals surface area contributed by atoms with E-state index in [1.165, 1.54) is 6.33 Å². The first-order valence-corrected chi connectivity index (χ1v) is 12.6. The predicted molar refractivity (Wildman–Crippen MR) is 146 cm³/mol. The first-order valence-electron chi connectivity index (χ1n) is 12.6. The summed E-state index contributed by atoms with van der Waals surface area (Å²) in [5.41, 5.74) is 4.86. The number of rotatable bonds is 9. The molecule has 3 aromatic heterocycles. The number of nitrogens with one attached hydrogen (secondary N) is 2. The zero-order chi connectivity index (χ0) is 26.5. The van der Waals surface area contributed by atoms with E-state index < -0.39 is 6.10 Å². The van der Waals surface area contributed by atoms with E-state index in [0.717, 1.165) is 33.5 Å². The van der Waals surface area contributed by atoms with Crippen molar-refractivity contribution >= 4 is 22.6 Å². The number of aliphatic hydroxyl groups is 1. The molecule has 0 fully saturated rings. The van der Waals surface area contributed by atoms with Gasteiger partial charge in [-0.15, -0.1) is 0 Å². The van der Waals surface area contributed by atoms with E-state index in [2.05, 4.69) is 50.5 Å². The number of carbonyl (C=O) groups excluding carboxylic acids is 1. The minimum Gasteiger partial charge on any atom is -0.387 e. The molecule has 1 amide bonds. The number of carbonyl (C=O) groups is 1. The van der Waals surface area contributed by atoms with Crippen LogP contribution >= 0.6 is 0 Å². The summed E-state index contributed by atoms with van der Waals surface area (Å²) < 4.78 is 0. The van der Waals surface area contributed by atoms with Gasteiger partial charge in [-0.1, -0.05) is 45.9 Å². The Balaban J connectivity index is 1.48. The number of nitrogens with zero attached hydrogens (tertiary/aromatic N) is 4. The van der Waals surface area contributed by atoms with Gasteiger partial charge in [0.25, 0.3) is 5.91 Å². The summed E-state index contributed by atoms with van der Waals surface area (Å²) in [6, 6.07) is 13.4. The Morgan fingerprint density at radius 1 is 1.00 bits per heavy atom. The molecule has 3 atom stereocenters. The Bertz CT molecular complexity index is 1370. The number of para-hydroxylation sites is 1. The quantitative estimate of drug-likeness (QED) is 0.298. The molecule has 0 saturated carbocycles. The van der Waals surface area contributed by atoms with Crippen molar-refractivity contribution in [1.82, 2.24) is 25.3 Å². The molecule has 1 aromatic carbocycles. The molecule has 8 heteroatoms. The number of anilines is 1. The molecule has 0 radical (unpaired) electrons. The van der Waals surface area contributed by atoms with E-state index in [4.69, 9.17) is 0 Å². The molecular weight excluding hydrogens is 464 g/mol. The largest absolute Gasteiger partial charge is 0.387 e. The highest BCUT2D eigenvalue weighted by Gasteiger charge is 2.20. The third-order valence-corrected chi connectivity index (χ3v) is 6.91. The average molecular weight is 499 g/mol. The molecule has 0 saturated heterocycles. The summed E-state index contributed by atoms with van der Waals surface area (Å²) >= 11 is 0. The van der Waals surface area contributed by atoms with Crippen molar-refractivity contribution in [2.24, 2.45) is 11.8 Å². The first-order chi connectivity index (χ1) is 17.8. The lowest BCUT2D eigenvalue weighted by molar-refractivity contribution is 0.0964. The molecule has 4 aromatic rings. The zero-order valence-corrected chi connectivity index (χ0v) is 21.9. The number of aromatic nitrogens is 4. The second-order valence-electron chi connectivity index (χ2n) is 9.78. The number of amides is 1. The van der Waals surface area contributed by atoms with Gasteiger partial charge in [0, 0.05) is 43.0 Å². The molecular formula is C29H34N6O2. The number of benzene rings is 1. The van der Waals surface area contributed by atoms with Crippen molar-refractivity contribution in [1.29, 1.82) is 0 Å². The maximum absolute atomic E-state index is 12.3. The van der Waals surface area contributed by atoms with Crippen LogP contribution in [0.25, 0.3) is 22.2 Å². The van der Waals surface area contributed by atoms with E-state index in [9.17, 15) is 9.90 Å². The number of fused-ring (bicyclic) bond motifs is 1. The Kier molecular flexibility index (Phi) is 8.08. The van der Waals surface area contributed by atoms with E-state index in [1.54, 1.807) is 25.5 Å². The first kappa shape index (κ1) is 26.2. The van der Waals surface area contributed by atoms with E-state index in [1.807, 2.05) is 44.2 Å². The van der Waals surface area contributed by atoms with Crippen LogP contribution in [-0.2, 0) is 0 Å². The highest BCUT2D eigenvalue weighted by atomic mass is 16.3. The third-order valence-electron chi connectivity index (χ3n) is 6.91. The molecule has 0 spiro atoms. The Morgan fingerprint density at radius 3 is 2.51 bits per heavy atom. The smallest absolute Gasteiger partial charge is 0.251 e. The fourth-order valence-corrected chi connectivity index (χ4v) is 4.33. The van der Waals surface area contributed by atoms with E-state index in [0.29, 0.717) is 17.8 Å². The Morgan fingerprint density at radius 2 is 1.81 bits per heavy atom. The summed E-state index contributed by atoms with van der Waals surface area (Å²) in [7, 11) is 1.64. The van der Waals surface area contributed by atoms with E-state index >= 15 is 0 Å². The van der Waals surface area contributed by atoms with Gasteiger partial charge in [-0.3, -0.25) is 14.8 Å². The standard InChI is InChI=1S/C29H34N6O2/c1-17(2)28(36)24-10-9-20(15-32-24)25-13-26(35-16-34-25)33-14-18(3)19(4)21-7-6-8-22-23(29(37)30-5)11-12-31-27(21)22/h6-13,15-19,28,36H,14H2,1-5H3,(H,30,37)(H,33,34,35)/t18-,19?,28?/m1/s1. The van der Waals surface area contributed by atoms with Crippen LogP contribution in [0.3, 0.4) is 0 Å². The van der Waals surface area contributed by atoms with Crippen molar-refractivity contribution in [3.8, 4) is 11.3 Å². The summed E-state index contributed by atoms with van der Waals surface area (Å²) in [6.07, 6.45) is 4.38. The lowest BCUT2D eigenvalue weighted by Crippen LogP contribution is -2.19. The van der Waals surface area contributed by atoms with Crippen molar-refractivity contribution < 1.29 is 9.90 Å². The molecule has 0 bridgehead atoms. The van der Waals surface area contributed by atoms with Crippen LogP contribution < -0.4 is 10.6 Å². The monoisotopic (exact) mass is 498 g/mol. The molecule has 0 aliphatic carbocycles. The van der Waals surface area contributed by atoms with Gasteiger partial charge in [-0.2, -0.15) is 0 Å². The molecule has 0 aliphatic rings. The van der Waals surface area contributed by atoms with Gasteiger partial charge in [-0.25, -0.2) is 9.97 Å². The van der Waals surface area contributed by atoms with Crippen LogP contribution in [0.5, 0.6) is 0 Å². The number of aliphatic hydroxyl groups excluding tert-OH is 1. The van der Waals surface area contributed by atoms with Crippen molar-refractivity contribution in [3.05, 3.63) is 78.0 Å². The number of hydrogen-bond donors (Lipinski definition) is 3. The topological polar surface area (TPSA) is 113 Å². The molecule has 3 N–H and O–H groups in total. The van der Waals surface area contributed by atoms with Gasteiger partial charge >= 0.3 is 0 Å². The number of pyridine rings is 2. The summed E-state index contributed by atoms with van der Waals surface area (Å²) in [6.45, 7) is 8.98. The predicted octanol–water partition coefficient (Wildman–Crippen LogP) is 4.99. The van der Waals surface area contributed by atoms with Gasteiger partial charge in [-0.05, 0) is 41.5 Å². The highest BCUT2D eigenvalue weighted by molar-refractivity contribution is 6.06. The van der Waals surface area contributed by atoms with Crippen LogP contribution in [0.15, 0.2) is 61.2 Å². The Hall–Kier alpha value is -3.91. The molecule has 37 heavy (non-hydrogen) atoms. The van der Waals surface area contributed by atoms with Crippen LogP contribution in [0.2, 0.25) is 0 Å². The van der Waals surface area contributed by atoms with Crippen molar-refractivity contribution in [3.63, 3.8) is 0 Å². The fourth-order valence-electron chi connectivity index (χ4n) is 4.33. The summed E-state index contributed by atoms with van der Waals surface area (Å²) in [4.78, 5) is 30.1. The average Bonchev–Trinajstić information content (AvgIpc) is 2.94. The van der Waals surface area contributed by atoms with E-state index in [-0.39, 0.29) is 23.7 Å². The fraction of sp³-hybridized carbons (Fsp3) is 0.345. The van der Waals surface area contributed by atoms with Crippen molar-refractivity contribution in [2.75, 3.05) is 18.9 Å². The molecule has 3 heterocycles. The molecule has 8 nitrogen and oxygen atoms in total. The molecule has 192 valence electrons. The van der Waals surface area contributed by atoms with Gasteiger partial charge < -0.3 is 15.7 Å². The van der Waals surface area contributed by atoms with Crippen LogP contribution in [0.1, 0.15) is 61.3 Å². The SMILES string of the molecule is CNC(=O)c1ccnc2c(C(C)[C@H](C)CNc3cc(-c4ccc(C(O)C(C)C)nc4)ncn3)cccc12. The lowest BCUT2D eigenvalue weighted by atomic mass is 9.87. The molecule has 4 rings (SSSR count). The number of hydrogen-bond acceptors (Lipinski definition) is 7. The second kappa shape index (κ2) is 11.4. The Labute approximate surface area is 217 Å². The molecule has 0 aliphatic heterocycles. The summed E-state index contributed by atoms with van der Waals surface area (Å²) in [5.74, 6) is 1.16. The van der Waals surface area contributed by atoms with Crippen molar-refractivity contribution in [2.45, 2.75) is 39.7 Å². The summed E-state index contributed by atoms with van der Waals surface area (Å²) in [5, 5.41) is 17.2.